The van der Waals surface area contributed by atoms with Crippen LogP contribution in [0.4, 0.5) is 5.82 Å². The molecule has 112 valence electrons. The second-order valence-electron chi connectivity index (χ2n) is 4.94. The van der Waals surface area contributed by atoms with Crippen LogP contribution in [0.2, 0.25) is 0 Å². The van der Waals surface area contributed by atoms with Crippen LogP contribution >= 0.6 is 0 Å². The molecule has 21 heavy (non-hydrogen) atoms. The highest BCUT2D eigenvalue weighted by Crippen LogP contribution is 2.25. The van der Waals surface area contributed by atoms with Gasteiger partial charge in [0.1, 0.15) is 17.8 Å². The number of fused-ring (bicyclic) bond motifs is 1. The molecule has 0 saturated carbocycles. The van der Waals surface area contributed by atoms with Gasteiger partial charge in [-0.1, -0.05) is 0 Å². The van der Waals surface area contributed by atoms with E-state index in [0.29, 0.717) is 12.4 Å². The minimum absolute atomic E-state index is 0.0126. The van der Waals surface area contributed by atoms with E-state index in [0.717, 1.165) is 19.0 Å². The smallest absolute Gasteiger partial charge is 0.233 e. The zero-order valence-electron chi connectivity index (χ0n) is 12.3. The number of rotatable bonds is 6. The van der Waals surface area contributed by atoms with Gasteiger partial charge in [0.15, 0.2) is 5.76 Å². The van der Waals surface area contributed by atoms with E-state index in [9.17, 15) is 9.59 Å². The lowest BCUT2D eigenvalue weighted by atomic mass is 9.98. The lowest BCUT2D eigenvalue weighted by Crippen LogP contribution is -2.23. The van der Waals surface area contributed by atoms with E-state index in [2.05, 4.69) is 20.2 Å². The number of hydrogen-bond donors (Lipinski definition) is 1. The highest BCUT2D eigenvalue weighted by molar-refractivity contribution is 6.24. The van der Waals surface area contributed by atoms with Gasteiger partial charge >= 0.3 is 0 Å². The summed E-state index contributed by atoms with van der Waals surface area (Å²) in [6, 6.07) is 0. The van der Waals surface area contributed by atoms with Crippen LogP contribution in [-0.2, 0) is 4.74 Å². The van der Waals surface area contributed by atoms with Crippen LogP contribution in [0.3, 0.4) is 0 Å². The SMILES string of the molecule is COC1=CC(=O)c2ncnc(NCCCN(C)C)c2C1=O. The van der Waals surface area contributed by atoms with E-state index >= 15 is 0 Å². The number of anilines is 1. The Balaban J connectivity index is 2.21. The van der Waals surface area contributed by atoms with Crippen molar-refractivity contribution < 1.29 is 14.3 Å². The van der Waals surface area contributed by atoms with Gasteiger partial charge in [0.2, 0.25) is 11.6 Å². The molecule has 0 radical (unpaired) electrons. The number of nitrogens with zero attached hydrogens (tertiary/aromatic N) is 3. The van der Waals surface area contributed by atoms with Gasteiger partial charge in [-0.2, -0.15) is 0 Å². The van der Waals surface area contributed by atoms with Crippen molar-refractivity contribution in [1.29, 1.82) is 0 Å². The molecular formula is C14H18N4O3. The number of methoxy groups -OCH3 is 1. The molecule has 0 saturated heterocycles. The first-order chi connectivity index (χ1) is 10.0. The van der Waals surface area contributed by atoms with Crippen LogP contribution < -0.4 is 5.32 Å². The van der Waals surface area contributed by atoms with Gasteiger partial charge in [-0.3, -0.25) is 9.59 Å². The number of ether oxygens (including phenoxy) is 1. The summed E-state index contributed by atoms with van der Waals surface area (Å²) in [7, 11) is 5.34. The van der Waals surface area contributed by atoms with Crippen molar-refractivity contribution in [3.05, 3.63) is 29.4 Å². The summed E-state index contributed by atoms with van der Waals surface area (Å²) in [4.78, 5) is 34.3. The second-order valence-corrected chi connectivity index (χ2v) is 4.94. The van der Waals surface area contributed by atoms with Crippen molar-refractivity contribution in [3.63, 3.8) is 0 Å². The van der Waals surface area contributed by atoms with Gasteiger partial charge in [0.05, 0.1) is 12.7 Å². The van der Waals surface area contributed by atoms with Gasteiger partial charge in [-0.25, -0.2) is 9.97 Å². The monoisotopic (exact) mass is 290 g/mol. The summed E-state index contributed by atoms with van der Waals surface area (Å²) >= 11 is 0. The van der Waals surface area contributed by atoms with E-state index in [1.165, 1.54) is 13.4 Å². The minimum atomic E-state index is -0.372. The molecule has 1 aliphatic rings. The average molecular weight is 290 g/mol. The Morgan fingerprint density at radius 2 is 2.05 bits per heavy atom. The molecule has 0 amide bonds. The molecule has 7 nitrogen and oxygen atoms in total. The van der Waals surface area contributed by atoms with Crippen molar-refractivity contribution in [2.75, 3.05) is 39.6 Å². The number of allylic oxidation sites excluding steroid dienone is 2. The predicted molar refractivity (Wildman–Crippen MR) is 77.4 cm³/mol. The summed E-state index contributed by atoms with van der Waals surface area (Å²) in [6.07, 6.45) is 3.33. The molecule has 0 aromatic carbocycles. The zero-order valence-corrected chi connectivity index (χ0v) is 12.3. The Kier molecular flexibility index (Phi) is 4.64. The zero-order chi connectivity index (χ0) is 15.4. The Morgan fingerprint density at radius 3 is 2.71 bits per heavy atom. The molecular weight excluding hydrogens is 272 g/mol. The first kappa shape index (κ1) is 15.1. The Bertz CT molecular complexity index is 596. The van der Waals surface area contributed by atoms with Crippen molar-refractivity contribution in [2.24, 2.45) is 0 Å². The Hall–Kier alpha value is -2.28. The van der Waals surface area contributed by atoms with Crippen LogP contribution in [0.25, 0.3) is 0 Å². The van der Waals surface area contributed by atoms with Crippen LogP contribution in [0.1, 0.15) is 27.3 Å². The van der Waals surface area contributed by atoms with Gasteiger partial charge in [0, 0.05) is 12.6 Å². The third-order valence-electron chi connectivity index (χ3n) is 3.09. The van der Waals surface area contributed by atoms with Gasteiger partial charge in [-0.05, 0) is 27.1 Å². The fraction of sp³-hybridized carbons (Fsp3) is 0.429. The number of hydrogen-bond acceptors (Lipinski definition) is 7. The maximum atomic E-state index is 12.3. The number of aromatic nitrogens is 2. The molecule has 0 unspecified atom stereocenters. The molecule has 7 heteroatoms. The van der Waals surface area contributed by atoms with Crippen molar-refractivity contribution >= 4 is 17.4 Å². The number of Topliss-reactive ketones (excluding diaryl/α,β-unsaturated/α-hetero) is 1. The van der Waals surface area contributed by atoms with E-state index in [1.54, 1.807) is 0 Å². The molecule has 1 N–H and O–H groups in total. The molecule has 2 rings (SSSR count). The highest BCUT2D eigenvalue weighted by Gasteiger charge is 2.31. The topological polar surface area (TPSA) is 84.4 Å². The predicted octanol–water partition coefficient (Wildman–Crippen LogP) is 0.750. The quantitative estimate of drug-likeness (QED) is 0.774. The number of nitrogens with one attached hydrogen (secondary N) is 1. The maximum absolute atomic E-state index is 12.3. The molecule has 0 atom stereocenters. The largest absolute Gasteiger partial charge is 0.492 e. The summed E-state index contributed by atoms with van der Waals surface area (Å²) in [5.74, 6) is -0.332. The Labute approximate surface area is 123 Å². The first-order valence-electron chi connectivity index (χ1n) is 6.63. The molecule has 0 spiro atoms. The number of ketones is 2. The maximum Gasteiger partial charge on any atom is 0.233 e. The number of carbonyl (C=O) groups is 2. The molecule has 0 aliphatic heterocycles. The number of carbonyl (C=O) groups excluding carboxylic acids is 2. The van der Waals surface area contributed by atoms with Crippen molar-refractivity contribution in [1.82, 2.24) is 14.9 Å². The van der Waals surface area contributed by atoms with E-state index in [1.807, 2.05) is 14.1 Å². The standard InChI is InChI=1S/C14H18N4O3/c1-18(2)6-4-5-15-14-11-12(16-8-17-14)9(19)7-10(21-3)13(11)20/h7-8H,4-6H2,1-3H3,(H,15,16,17). The van der Waals surface area contributed by atoms with Gasteiger partial charge < -0.3 is 15.0 Å². The molecule has 0 bridgehead atoms. The van der Waals surface area contributed by atoms with E-state index in [4.69, 9.17) is 4.74 Å². The summed E-state index contributed by atoms with van der Waals surface area (Å²) in [6.45, 7) is 1.56. The fourth-order valence-corrected chi connectivity index (χ4v) is 2.05. The van der Waals surface area contributed by atoms with Crippen molar-refractivity contribution in [2.45, 2.75) is 6.42 Å². The average Bonchev–Trinajstić information content (AvgIpc) is 2.47. The fourth-order valence-electron chi connectivity index (χ4n) is 2.05. The van der Waals surface area contributed by atoms with Crippen molar-refractivity contribution in [3.8, 4) is 0 Å². The van der Waals surface area contributed by atoms with Crippen LogP contribution in [-0.4, -0.2) is 60.7 Å². The first-order valence-corrected chi connectivity index (χ1v) is 6.63. The van der Waals surface area contributed by atoms with Crippen LogP contribution in [0.15, 0.2) is 18.2 Å². The normalized spacial score (nSPS) is 14.0. The molecule has 1 aromatic rings. The van der Waals surface area contributed by atoms with Gasteiger partial charge in [0.25, 0.3) is 0 Å². The third kappa shape index (κ3) is 3.25. The van der Waals surface area contributed by atoms with Crippen LogP contribution in [0.5, 0.6) is 0 Å². The lowest BCUT2D eigenvalue weighted by Gasteiger charge is -2.17. The molecule has 0 fully saturated rings. The van der Waals surface area contributed by atoms with E-state index < -0.39 is 0 Å². The minimum Gasteiger partial charge on any atom is -0.492 e. The summed E-state index contributed by atoms with van der Waals surface area (Å²) in [5.41, 5.74) is 0.303. The Morgan fingerprint density at radius 1 is 1.29 bits per heavy atom. The van der Waals surface area contributed by atoms with E-state index in [-0.39, 0.29) is 28.6 Å². The summed E-state index contributed by atoms with van der Waals surface area (Å²) < 4.78 is 4.94. The van der Waals surface area contributed by atoms with Crippen LogP contribution in [0, 0.1) is 0 Å². The van der Waals surface area contributed by atoms with Gasteiger partial charge in [-0.15, -0.1) is 0 Å². The molecule has 1 heterocycles. The molecule has 1 aromatic heterocycles. The summed E-state index contributed by atoms with van der Waals surface area (Å²) in [5, 5.41) is 3.09. The highest BCUT2D eigenvalue weighted by atomic mass is 16.5. The molecule has 1 aliphatic carbocycles. The third-order valence-corrected chi connectivity index (χ3v) is 3.09. The lowest BCUT2D eigenvalue weighted by molar-refractivity contribution is 0.0914. The second kappa shape index (κ2) is 6.45.